The fourth-order valence-electron chi connectivity index (χ4n) is 8.56. The quantitative estimate of drug-likeness (QED) is 0.711. The number of carbonyl (C=O) groups is 2. The van der Waals surface area contributed by atoms with Gasteiger partial charge in [0.25, 0.3) is 0 Å². The molecule has 170 valence electrons. The molecule has 30 heavy (non-hydrogen) atoms. The molecule has 5 heteroatoms. The first-order valence-electron chi connectivity index (χ1n) is 12.5. The van der Waals surface area contributed by atoms with Gasteiger partial charge in [0.2, 0.25) is 5.91 Å². The van der Waals surface area contributed by atoms with Crippen LogP contribution in [-0.2, 0) is 4.79 Å². The van der Waals surface area contributed by atoms with Crippen LogP contribution in [0.2, 0.25) is 0 Å². The molecule has 2 N–H and O–H groups in total. The molecular weight excluding hydrogens is 374 g/mol. The highest BCUT2D eigenvalue weighted by molar-refractivity contribution is 5.77. The standard InChI is InChI=1S/C25H43N3O2/c1-6-13-26-23(30)27-15-20-16(2)14-19-17-7-8-21-25(4,12-10-22(29)28(21)5)18(17)9-11-24(19,20)3/h16-21H,6-15H2,1-5H3,(H2,26,27,30)/t16?,17-,18-,19+,20?,21?,24+,25-/m1/s1. The van der Waals surface area contributed by atoms with Crippen molar-refractivity contribution in [2.24, 2.45) is 40.4 Å². The van der Waals surface area contributed by atoms with Gasteiger partial charge in [0.05, 0.1) is 0 Å². The number of nitrogens with zero attached hydrogens (tertiary/aromatic N) is 1. The average molecular weight is 418 g/mol. The fraction of sp³-hybridized carbons (Fsp3) is 0.920. The molecule has 0 radical (unpaired) electrons. The molecule has 0 aromatic rings. The highest BCUT2D eigenvalue weighted by Gasteiger charge is 2.62. The number of fused-ring (bicyclic) bond motifs is 5. The molecular formula is C25H43N3O2. The zero-order chi connectivity index (χ0) is 21.7. The Morgan fingerprint density at radius 2 is 1.87 bits per heavy atom. The van der Waals surface area contributed by atoms with E-state index in [9.17, 15) is 9.59 Å². The van der Waals surface area contributed by atoms with E-state index in [2.05, 4.69) is 43.2 Å². The minimum atomic E-state index is -0.00675. The Balaban J connectivity index is 1.49. The maximum Gasteiger partial charge on any atom is 0.314 e. The Labute approximate surface area is 183 Å². The van der Waals surface area contributed by atoms with Gasteiger partial charge in [-0.05, 0) is 85.4 Å². The summed E-state index contributed by atoms with van der Waals surface area (Å²) < 4.78 is 0. The minimum Gasteiger partial charge on any atom is -0.342 e. The van der Waals surface area contributed by atoms with Crippen LogP contribution in [0.4, 0.5) is 4.79 Å². The molecule has 3 aliphatic carbocycles. The third kappa shape index (κ3) is 3.35. The van der Waals surface area contributed by atoms with E-state index < -0.39 is 0 Å². The van der Waals surface area contributed by atoms with Crippen LogP contribution in [0.5, 0.6) is 0 Å². The number of rotatable bonds is 4. The van der Waals surface area contributed by atoms with E-state index in [0.29, 0.717) is 29.2 Å². The molecule has 0 aromatic carbocycles. The van der Waals surface area contributed by atoms with Crippen LogP contribution < -0.4 is 10.6 Å². The first-order chi connectivity index (χ1) is 14.2. The van der Waals surface area contributed by atoms with Crippen molar-refractivity contribution in [3.05, 3.63) is 0 Å². The molecule has 1 aliphatic heterocycles. The van der Waals surface area contributed by atoms with Gasteiger partial charge < -0.3 is 15.5 Å². The lowest BCUT2D eigenvalue weighted by Gasteiger charge is -2.61. The summed E-state index contributed by atoms with van der Waals surface area (Å²) in [5.41, 5.74) is 0.616. The number of likely N-dealkylation sites (tertiary alicyclic amines) is 1. The lowest BCUT2D eigenvalue weighted by Crippen LogP contribution is -2.61. The second kappa shape index (κ2) is 8.02. The van der Waals surface area contributed by atoms with Crippen LogP contribution in [0.15, 0.2) is 0 Å². The molecule has 4 fully saturated rings. The number of hydrogen-bond donors (Lipinski definition) is 2. The first kappa shape index (κ1) is 22.0. The minimum absolute atomic E-state index is 0.00675. The summed E-state index contributed by atoms with van der Waals surface area (Å²) in [4.78, 5) is 26.6. The number of urea groups is 1. The van der Waals surface area contributed by atoms with Crippen molar-refractivity contribution in [3.8, 4) is 0 Å². The van der Waals surface area contributed by atoms with Crippen LogP contribution in [0.3, 0.4) is 0 Å². The zero-order valence-electron chi connectivity index (χ0n) is 19.8. The van der Waals surface area contributed by atoms with Crippen LogP contribution in [-0.4, -0.2) is 43.0 Å². The van der Waals surface area contributed by atoms with Crippen LogP contribution >= 0.6 is 0 Å². The molecule has 0 spiro atoms. The van der Waals surface area contributed by atoms with Crippen molar-refractivity contribution in [2.45, 2.75) is 85.1 Å². The van der Waals surface area contributed by atoms with Crippen molar-refractivity contribution in [2.75, 3.05) is 20.1 Å². The Hall–Kier alpha value is -1.26. The van der Waals surface area contributed by atoms with Gasteiger partial charge in [-0.15, -0.1) is 0 Å². The van der Waals surface area contributed by atoms with E-state index >= 15 is 0 Å². The molecule has 0 aromatic heterocycles. The average Bonchev–Trinajstić information content (AvgIpc) is 2.97. The van der Waals surface area contributed by atoms with Gasteiger partial charge in [-0.2, -0.15) is 0 Å². The van der Waals surface area contributed by atoms with Gasteiger partial charge in [0.1, 0.15) is 0 Å². The second-order valence-electron chi connectivity index (χ2n) is 11.5. The van der Waals surface area contributed by atoms with E-state index in [1.807, 2.05) is 7.05 Å². The molecule has 3 amide bonds. The van der Waals surface area contributed by atoms with Gasteiger partial charge in [0, 0.05) is 32.6 Å². The smallest absolute Gasteiger partial charge is 0.314 e. The summed E-state index contributed by atoms with van der Waals surface area (Å²) in [7, 11) is 2.04. The molecule has 1 saturated heterocycles. The monoisotopic (exact) mass is 417 g/mol. The van der Waals surface area contributed by atoms with Gasteiger partial charge in [-0.25, -0.2) is 4.79 Å². The van der Waals surface area contributed by atoms with E-state index in [0.717, 1.165) is 50.1 Å². The summed E-state index contributed by atoms with van der Waals surface area (Å²) in [6.07, 6.45) is 9.07. The van der Waals surface area contributed by atoms with Gasteiger partial charge in [-0.3, -0.25) is 4.79 Å². The number of carbonyl (C=O) groups excluding carboxylic acids is 2. The SMILES string of the molecule is CCCNC(=O)NCC1C(C)C[C@H]2[C@@H]3CCC4N(C)C(=O)CC[C@]4(C)[C@@H]3CC[C@]12C. The Morgan fingerprint density at radius 3 is 2.60 bits per heavy atom. The third-order valence-electron chi connectivity index (χ3n) is 10.2. The molecule has 8 atom stereocenters. The van der Waals surface area contributed by atoms with Gasteiger partial charge in [-0.1, -0.05) is 27.7 Å². The summed E-state index contributed by atoms with van der Waals surface area (Å²) in [6.45, 7) is 11.1. The maximum atomic E-state index is 12.3. The molecule has 1 heterocycles. The number of nitrogens with one attached hydrogen (secondary N) is 2. The predicted molar refractivity (Wildman–Crippen MR) is 120 cm³/mol. The molecule has 4 aliphatic rings. The van der Waals surface area contributed by atoms with Crippen LogP contribution in [0.1, 0.15) is 79.1 Å². The van der Waals surface area contributed by atoms with E-state index in [4.69, 9.17) is 0 Å². The highest BCUT2D eigenvalue weighted by atomic mass is 16.2. The summed E-state index contributed by atoms with van der Waals surface area (Å²) in [6, 6.07) is 0.427. The number of amides is 3. The number of hydrogen-bond acceptors (Lipinski definition) is 2. The van der Waals surface area contributed by atoms with Crippen LogP contribution in [0, 0.1) is 40.4 Å². The zero-order valence-corrected chi connectivity index (χ0v) is 19.8. The van der Waals surface area contributed by atoms with E-state index in [1.165, 1.54) is 32.1 Å². The van der Waals surface area contributed by atoms with E-state index in [-0.39, 0.29) is 11.4 Å². The second-order valence-corrected chi connectivity index (χ2v) is 11.5. The summed E-state index contributed by atoms with van der Waals surface area (Å²) >= 11 is 0. The molecule has 5 nitrogen and oxygen atoms in total. The van der Waals surface area contributed by atoms with Gasteiger partial charge in [0.15, 0.2) is 0 Å². The molecule has 3 saturated carbocycles. The normalized spacial score (nSPS) is 45.4. The van der Waals surface area contributed by atoms with Crippen molar-refractivity contribution in [1.29, 1.82) is 0 Å². The summed E-state index contributed by atoms with van der Waals surface area (Å²) in [5, 5.41) is 6.15. The van der Waals surface area contributed by atoms with E-state index in [1.54, 1.807) is 0 Å². The molecule has 4 rings (SSSR count). The Kier molecular flexibility index (Phi) is 5.87. The van der Waals surface area contributed by atoms with Crippen molar-refractivity contribution in [3.63, 3.8) is 0 Å². The largest absolute Gasteiger partial charge is 0.342 e. The number of piperidine rings is 1. The first-order valence-corrected chi connectivity index (χ1v) is 12.5. The topological polar surface area (TPSA) is 61.4 Å². The molecule has 0 bridgehead atoms. The third-order valence-corrected chi connectivity index (χ3v) is 10.2. The van der Waals surface area contributed by atoms with Crippen molar-refractivity contribution >= 4 is 11.9 Å². The fourth-order valence-corrected chi connectivity index (χ4v) is 8.56. The lowest BCUT2D eigenvalue weighted by atomic mass is 9.47. The van der Waals surface area contributed by atoms with Crippen molar-refractivity contribution < 1.29 is 9.59 Å². The molecule has 3 unspecified atom stereocenters. The maximum absolute atomic E-state index is 12.3. The lowest BCUT2D eigenvalue weighted by molar-refractivity contribution is -0.158. The Morgan fingerprint density at radius 1 is 1.10 bits per heavy atom. The van der Waals surface area contributed by atoms with Gasteiger partial charge >= 0.3 is 6.03 Å². The predicted octanol–water partition coefficient (Wildman–Crippen LogP) is 4.42. The van der Waals surface area contributed by atoms with Crippen LogP contribution in [0.25, 0.3) is 0 Å². The summed E-state index contributed by atoms with van der Waals surface area (Å²) in [5.74, 6) is 3.86. The Bertz CT molecular complexity index is 681. The highest BCUT2D eigenvalue weighted by Crippen LogP contribution is 2.67. The van der Waals surface area contributed by atoms with Crippen molar-refractivity contribution in [1.82, 2.24) is 15.5 Å².